The maximum absolute atomic E-state index is 12.6. The highest BCUT2D eigenvalue weighted by Crippen LogP contribution is 2.18. The standard InChI is InChI=1S/C8H6ClFN3O/c9-7-3-4-12(11-7)8-2-1-6(10)5-13(8)14/h1-5,8H/q+1. The summed E-state index contributed by atoms with van der Waals surface area (Å²) < 4.78 is 14.4. The molecule has 0 amide bonds. The monoisotopic (exact) mass is 214 g/mol. The maximum atomic E-state index is 12.6. The van der Waals surface area contributed by atoms with Gasteiger partial charge in [-0.25, -0.2) is 9.07 Å². The van der Waals surface area contributed by atoms with Crippen molar-refractivity contribution >= 4 is 11.6 Å². The van der Waals surface area contributed by atoms with E-state index in [1.807, 2.05) is 0 Å². The van der Waals surface area contributed by atoms with Crippen molar-refractivity contribution in [3.63, 3.8) is 0 Å². The number of allylic oxidation sites excluding steroid dienone is 2. The maximum Gasteiger partial charge on any atom is 0.320 e. The van der Waals surface area contributed by atoms with Gasteiger partial charge in [0.25, 0.3) is 6.20 Å². The predicted octanol–water partition coefficient (Wildman–Crippen LogP) is 2.19. The lowest BCUT2D eigenvalue weighted by Gasteiger charge is -2.05. The lowest BCUT2D eigenvalue weighted by atomic mass is 10.3. The van der Waals surface area contributed by atoms with E-state index in [-0.39, 0.29) is 0 Å². The molecule has 0 spiro atoms. The molecule has 1 atom stereocenters. The van der Waals surface area contributed by atoms with Gasteiger partial charge < -0.3 is 0 Å². The summed E-state index contributed by atoms with van der Waals surface area (Å²) in [5.41, 5.74) is 0. The second kappa shape index (κ2) is 3.34. The Bertz CT molecular complexity index is 438. The first kappa shape index (κ1) is 9.08. The minimum atomic E-state index is -0.665. The molecule has 14 heavy (non-hydrogen) atoms. The molecule has 2 heterocycles. The molecule has 1 aliphatic heterocycles. The Morgan fingerprint density at radius 3 is 3.00 bits per heavy atom. The Hall–Kier alpha value is -1.49. The highest BCUT2D eigenvalue weighted by atomic mass is 35.5. The fourth-order valence-electron chi connectivity index (χ4n) is 1.17. The lowest BCUT2D eigenvalue weighted by molar-refractivity contribution is -0.537. The van der Waals surface area contributed by atoms with E-state index in [0.29, 0.717) is 9.91 Å². The Labute approximate surface area is 83.9 Å². The van der Waals surface area contributed by atoms with Crippen molar-refractivity contribution in [3.05, 3.63) is 46.5 Å². The van der Waals surface area contributed by atoms with Gasteiger partial charge in [-0.05, 0) is 12.1 Å². The molecule has 0 bridgehead atoms. The molecule has 1 aromatic rings. The fourth-order valence-corrected chi connectivity index (χ4v) is 1.31. The van der Waals surface area contributed by atoms with Crippen molar-refractivity contribution < 1.29 is 9.15 Å². The highest BCUT2D eigenvalue weighted by Gasteiger charge is 2.27. The van der Waals surface area contributed by atoms with Gasteiger partial charge >= 0.3 is 6.17 Å². The quantitative estimate of drug-likeness (QED) is 0.672. The molecule has 0 fully saturated rings. The molecule has 0 N–H and O–H groups in total. The minimum Gasteiger partial charge on any atom is -0.201 e. The smallest absolute Gasteiger partial charge is 0.201 e. The summed E-state index contributed by atoms with van der Waals surface area (Å²) in [7, 11) is 0. The Morgan fingerprint density at radius 2 is 2.43 bits per heavy atom. The summed E-state index contributed by atoms with van der Waals surface area (Å²) in [5.74, 6) is -0.575. The molecule has 2 rings (SSSR count). The van der Waals surface area contributed by atoms with Crippen LogP contribution in [0, 0.1) is 4.91 Å². The van der Waals surface area contributed by atoms with Crippen LogP contribution in [0.1, 0.15) is 6.17 Å². The number of halogens is 2. The summed E-state index contributed by atoms with van der Waals surface area (Å²) in [6, 6.07) is 1.55. The van der Waals surface area contributed by atoms with Crippen LogP contribution in [0.5, 0.6) is 0 Å². The molecule has 72 valence electrons. The number of nitrogens with zero attached hydrogens (tertiary/aromatic N) is 3. The first-order valence-electron chi connectivity index (χ1n) is 3.88. The molecule has 6 heteroatoms. The number of hydrogen-bond acceptors (Lipinski definition) is 2. The molecule has 0 saturated heterocycles. The first-order chi connectivity index (χ1) is 6.66. The van der Waals surface area contributed by atoms with Gasteiger partial charge in [0.1, 0.15) is 0 Å². The van der Waals surface area contributed by atoms with Gasteiger partial charge in [0, 0.05) is 17.2 Å². The second-order valence-corrected chi connectivity index (χ2v) is 3.15. The van der Waals surface area contributed by atoms with Crippen molar-refractivity contribution in [3.8, 4) is 0 Å². The topological polar surface area (TPSA) is 37.9 Å². The third-order valence-electron chi connectivity index (χ3n) is 1.79. The van der Waals surface area contributed by atoms with Crippen molar-refractivity contribution in [2.24, 2.45) is 0 Å². The van der Waals surface area contributed by atoms with Crippen LogP contribution in [0.4, 0.5) is 4.39 Å². The summed E-state index contributed by atoms with van der Waals surface area (Å²) in [6.07, 6.45) is 4.38. The Kier molecular flexibility index (Phi) is 2.17. The largest absolute Gasteiger partial charge is 0.320 e. The molecular formula is C8H6ClFN3O+. The van der Waals surface area contributed by atoms with Gasteiger partial charge in [0.2, 0.25) is 0 Å². The summed E-state index contributed by atoms with van der Waals surface area (Å²) >= 11 is 5.59. The zero-order valence-corrected chi connectivity index (χ0v) is 7.73. The summed E-state index contributed by atoms with van der Waals surface area (Å²) in [6.45, 7) is 0. The first-order valence-corrected chi connectivity index (χ1v) is 4.26. The second-order valence-electron chi connectivity index (χ2n) is 2.77. The SMILES string of the molecule is O=[N+]1C=C(F)C=CC1n1ccc(Cl)n1. The van der Waals surface area contributed by atoms with E-state index in [1.54, 1.807) is 12.3 Å². The van der Waals surface area contributed by atoms with Crippen molar-refractivity contribution in [1.82, 2.24) is 9.78 Å². The van der Waals surface area contributed by atoms with Crippen LogP contribution >= 0.6 is 11.6 Å². The van der Waals surface area contributed by atoms with Gasteiger partial charge in [0.15, 0.2) is 11.0 Å². The minimum absolute atomic E-state index is 0.293. The fraction of sp³-hybridized carbons (Fsp3) is 0.125. The third-order valence-corrected chi connectivity index (χ3v) is 1.99. The van der Waals surface area contributed by atoms with Crippen LogP contribution in [-0.4, -0.2) is 14.5 Å². The van der Waals surface area contributed by atoms with Crippen LogP contribution in [0.25, 0.3) is 0 Å². The molecule has 1 aromatic heterocycles. The zero-order chi connectivity index (χ0) is 10.1. The molecule has 0 aromatic carbocycles. The average Bonchev–Trinajstić information content (AvgIpc) is 2.51. The van der Waals surface area contributed by atoms with Gasteiger partial charge in [-0.3, -0.25) is 0 Å². The van der Waals surface area contributed by atoms with E-state index in [1.165, 1.54) is 16.8 Å². The van der Waals surface area contributed by atoms with E-state index in [0.717, 1.165) is 6.20 Å². The van der Waals surface area contributed by atoms with Gasteiger partial charge in [-0.1, -0.05) is 11.6 Å². The normalized spacial score (nSPS) is 21.1. The third kappa shape index (κ3) is 1.58. The zero-order valence-electron chi connectivity index (χ0n) is 6.97. The molecule has 0 saturated carbocycles. The van der Waals surface area contributed by atoms with Crippen molar-refractivity contribution in [2.45, 2.75) is 6.17 Å². The van der Waals surface area contributed by atoms with E-state index in [4.69, 9.17) is 11.6 Å². The van der Waals surface area contributed by atoms with E-state index >= 15 is 0 Å². The molecule has 4 nitrogen and oxygen atoms in total. The van der Waals surface area contributed by atoms with E-state index in [2.05, 4.69) is 5.10 Å². The van der Waals surface area contributed by atoms with Crippen LogP contribution in [0.15, 0.2) is 36.4 Å². The van der Waals surface area contributed by atoms with Crippen molar-refractivity contribution in [1.29, 1.82) is 0 Å². The van der Waals surface area contributed by atoms with E-state index < -0.39 is 12.0 Å². The van der Waals surface area contributed by atoms with Crippen LogP contribution in [0.2, 0.25) is 5.15 Å². The molecular weight excluding hydrogens is 209 g/mol. The summed E-state index contributed by atoms with van der Waals surface area (Å²) in [4.78, 5) is 11.3. The molecule has 0 aliphatic carbocycles. The molecule has 1 unspecified atom stereocenters. The molecule has 0 radical (unpaired) electrons. The van der Waals surface area contributed by atoms with Gasteiger partial charge in [-0.15, -0.1) is 0 Å². The predicted molar refractivity (Wildman–Crippen MR) is 48.2 cm³/mol. The van der Waals surface area contributed by atoms with Crippen molar-refractivity contribution in [2.75, 3.05) is 0 Å². The Balaban J connectivity index is 2.30. The van der Waals surface area contributed by atoms with Gasteiger partial charge in [-0.2, -0.15) is 5.10 Å². The lowest BCUT2D eigenvalue weighted by Crippen LogP contribution is -2.19. The summed E-state index contributed by atoms with van der Waals surface area (Å²) in [5, 5.41) is 4.14. The highest BCUT2D eigenvalue weighted by molar-refractivity contribution is 6.29. The Morgan fingerprint density at radius 1 is 1.64 bits per heavy atom. The van der Waals surface area contributed by atoms with E-state index in [9.17, 15) is 9.30 Å². The number of nitroso groups, excluding NO2 is 1. The van der Waals surface area contributed by atoms with Gasteiger partial charge in [0.05, 0.1) is 4.76 Å². The van der Waals surface area contributed by atoms with Crippen LogP contribution < -0.4 is 0 Å². The van der Waals surface area contributed by atoms with Crippen LogP contribution in [-0.2, 0) is 0 Å². The molecule has 1 aliphatic rings. The average molecular weight is 215 g/mol. The number of hydrogen-bond donors (Lipinski definition) is 0. The number of rotatable bonds is 1. The van der Waals surface area contributed by atoms with Crippen LogP contribution in [0.3, 0.4) is 0 Å². The number of aromatic nitrogens is 2.